The molecule has 0 saturated heterocycles. The van der Waals surface area contributed by atoms with Gasteiger partial charge in [0, 0.05) is 11.4 Å². The van der Waals surface area contributed by atoms with Crippen molar-refractivity contribution in [2.45, 2.75) is 19.4 Å². The van der Waals surface area contributed by atoms with Crippen molar-refractivity contribution in [3.8, 4) is 5.69 Å². The first-order valence-electron chi connectivity index (χ1n) is 6.57. The van der Waals surface area contributed by atoms with Crippen molar-refractivity contribution in [1.82, 2.24) is 9.55 Å². The lowest BCUT2D eigenvalue weighted by Gasteiger charge is -2.14. The van der Waals surface area contributed by atoms with Gasteiger partial charge in [-0.3, -0.25) is 0 Å². The molecule has 1 heterocycles. The van der Waals surface area contributed by atoms with Crippen molar-refractivity contribution >= 4 is 10.8 Å². The van der Waals surface area contributed by atoms with E-state index in [1.54, 1.807) is 0 Å². The molecule has 0 saturated carbocycles. The van der Waals surface area contributed by atoms with Crippen LogP contribution >= 0.6 is 0 Å². The molecule has 0 spiro atoms. The summed E-state index contributed by atoms with van der Waals surface area (Å²) in [6, 6.07) is 14.7. The Morgan fingerprint density at radius 1 is 1.16 bits per heavy atom. The number of fused-ring (bicyclic) bond motifs is 1. The summed E-state index contributed by atoms with van der Waals surface area (Å²) >= 11 is 0. The Labute approximate surface area is 112 Å². The van der Waals surface area contributed by atoms with E-state index in [0.717, 1.165) is 17.8 Å². The maximum atomic E-state index is 6.16. The largest absolute Gasteiger partial charge is 0.323 e. The number of aromatic nitrogens is 2. The Morgan fingerprint density at radius 2 is 1.95 bits per heavy atom. The highest BCUT2D eigenvalue weighted by Gasteiger charge is 2.12. The molecule has 0 aliphatic heterocycles. The fourth-order valence-corrected chi connectivity index (χ4v) is 2.41. The Hall–Kier alpha value is -2.13. The summed E-state index contributed by atoms with van der Waals surface area (Å²) < 4.78 is 2.09. The van der Waals surface area contributed by atoms with Crippen LogP contribution in [-0.4, -0.2) is 9.55 Å². The number of imidazole rings is 1. The zero-order valence-corrected chi connectivity index (χ0v) is 11.0. The lowest BCUT2D eigenvalue weighted by molar-refractivity contribution is 0.660. The molecule has 2 N–H and O–H groups in total. The summed E-state index contributed by atoms with van der Waals surface area (Å²) in [6.07, 6.45) is 4.60. The maximum absolute atomic E-state index is 6.16. The van der Waals surface area contributed by atoms with E-state index in [9.17, 15) is 0 Å². The van der Waals surface area contributed by atoms with Crippen LogP contribution < -0.4 is 5.73 Å². The summed E-state index contributed by atoms with van der Waals surface area (Å²) in [5, 5.41) is 2.44. The first kappa shape index (κ1) is 11.9. The van der Waals surface area contributed by atoms with E-state index in [1.807, 2.05) is 12.5 Å². The minimum atomic E-state index is 0.0152. The quantitative estimate of drug-likeness (QED) is 0.775. The minimum absolute atomic E-state index is 0.0152. The summed E-state index contributed by atoms with van der Waals surface area (Å²) in [6.45, 7) is 2.09. The Kier molecular flexibility index (Phi) is 3.05. The monoisotopic (exact) mass is 251 g/mol. The van der Waals surface area contributed by atoms with E-state index in [2.05, 4.69) is 58.9 Å². The molecule has 1 aromatic heterocycles. The van der Waals surface area contributed by atoms with Gasteiger partial charge in [-0.05, 0) is 17.9 Å². The third-order valence-corrected chi connectivity index (χ3v) is 3.51. The fourth-order valence-electron chi connectivity index (χ4n) is 2.41. The second kappa shape index (κ2) is 4.86. The number of hydrogen-bond donors (Lipinski definition) is 1. The van der Waals surface area contributed by atoms with Gasteiger partial charge in [0.2, 0.25) is 0 Å². The molecule has 0 unspecified atom stereocenters. The molecule has 3 nitrogen and oxygen atoms in total. The molecule has 3 heteroatoms. The van der Waals surface area contributed by atoms with Gasteiger partial charge in [0.25, 0.3) is 0 Å². The van der Waals surface area contributed by atoms with Gasteiger partial charge < -0.3 is 10.3 Å². The van der Waals surface area contributed by atoms with Gasteiger partial charge >= 0.3 is 0 Å². The van der Waals surface area contributed by atoms with Crippen LogP contribution in [0.15, 0.2) is 55.0 Å². The Morgan fingerprint density at radius 3 is 2.79 bits per heavy atom. The standard InChI is InChI=1S/C16H17N3/c1-2-14(17)16-10-18-11-19(16)15-9-5-7-12-6-3-4-8-13(12)15/h3-11,14H,2,17H2,1H3/t14-/m1/s1. The minimum Gasteiger partial charge on any atom is -0.323 e. The molecule has 0 aliphatic rings. The van der Waals surface area contributed by atoms with Crippen LogP contribution in [-0.2, 0) is 0 Å². The molecule has 1 atom stereocenters. The van der Waals surface area contributed by atoms with Gasteiger partial charge in [-0.25, -0.2) is 4.98 Å². The Balaban J connectivity index is 2.23. The van der Waals surface area contributed by atoms with Crippen molar-refractivity contribution in [2.75, 3.05) is 0 Å². The predicted octanol–water partition coefficient (Wildman–Crippen LogP) is 3.44. The SMILES string of the molecule is CC[C@@H](N)c1cncn1-c1cccc2ccccc12. The zero-order chi connectivity index (χ0) is 13.2. The number of benzene rings is 2. The van der Waals surface area contributed by atoms with E-state index >= 15 is 0 Å². The summed E-state index contributed by atoms with van der Waals surface area (Å²) in [5.74, 6) is 0. The first-order valence-corrected chi connectivity index (χ1v) is 6.57. The molecule has 0 fully saturated rings. The van der Waals surface area contributed by atoms with Crippen molar-refractivity contribution in [1.29, 1.82) is 0 Å². The molecule has 3 rings (SSSR count). The normalized spacial score (nSPS) is 12.7. The molecular formula is C16H17N3. The van der Waals surface area contributed by atoms with Crippen LogP contribution in [0.5, 0.6) is 0 Å². The molecule has 19 heavy (non-hydrogen) atoms. The second-order valence-electron chi connectivity index (χ2n) is 4.70. The molecule has 2 aromatic carbocycles. The third kappa shape index (κ3) is 2.02. The number of rotatable bonds is 3. The highest BCUT2D eigenvalue weighted by atomic mass is 15.1. The predicted molar refractivity (Wildman–Crippen MR) is 78.3 cm³/mol. The van der Waals surface area contributed by atoms with Gasteiger partial charge in [0.05, 0.1) is 23.9 Å². The van der Waals surface area contributed by atoms with Gasteiger partial charge in [0.1, 0.15) is 0 Å². The molecule has 96 valence electrons. The lowest BCUT2D eigenvalue weighted by Crippen LogP contribution is -2.13. The molecule has 3 aromatic rings. The fraction of sp³-hybridized carbons (Fsp3) is 0.188. The summed E-state index contributed by atoms with van der Waals surface area (Å²) in [5.41, 5.74) is 8.35. The zero-order valence-electron chi connectivity index (χ0n) is 11.0. The topological polar surface area (TPSA) is 43.8 Å². The Bertz CT molecular complexity index is 695. The molecular weight excluding hydrogens is 234 g/mol. The molecule has 0 aliphatic carbocycles. The van der Waals surface area contributed by atoms with Gasteiger partial charge in [-0.1, -0.05) is 43.3 Å². The average Bonchev–Trinajstić information content (AvgIpc) is 2.95. The third-order valence-electron chi connectivity index (χ3n) is 3.51. The summed E-state index contributed by atoms with van der Waals surface area (Å²) in [4.78, 5) is 4.26. The summed E-state index contributed by atoms with van der Waals surface area (Å²) in [7, 11) is 0. The van der Waals surface area contributed by atoms with Crippen LogP contribution in [0.3, 0.4) is 0 Å². The van der Waals surface area contributed by atoms with E-state index < -0.39 is 0 Å². The highest BCUT2D eigenvalue weighted by Crippen LogP contribution is 2.25. The van der Waals surface area contributed by atoms with Crippen LogP contribution in [0.4, 0.5) is 0 Å². The van der Waals surface area contributed by atoms with Crippen molar-refractivity contribution in [2.24, 2.45) is 5.73 Å². The molecule has 0 radical (unpaired) electrons. The molecule has 0 bridgehead atoms. The van der Waals surface area contributed by atoms with E-state index in [0.29, 0.717) is 0 Å². The van der Waals surface area contributed by atoms with Gasteiger partial charge in [-0.15, -0.1) is 0 Å². The van der Waals surface area contributed by atoms with E-state index in [-0.39, 0.29) is 6.04 Å². The smallest absolute Gasteiger partial charge is 0.0994 e. The average molecular weight is 251 g/mol. The van der Waals surface area contributed by atoms with Crippen LogP contribution in [0.1, 0.15) is 25.1 Å². The number of hydrogen-bond acceptors (Lipinski definition) is 2. The van der Waals surface area contributed by atoms with Crippen molar-refractivity contribution < 1.29 is 0 Å². The van der Waals surface area contributed by atoms with E-state index in [1.165, 1.54) is 10.8 Å². The van der Waals surface area contributed by atoms with E-state index in [4.69, 9.17) is 5.73 Å². The van der Waals surface area contributed by atoms with Crippen LogP contribution in [0.25, 0.3) is 16.5 Å². The first-order chi connectivity index (χ1) is 9.31. The molecule has 0 amide bonds. The van der Waals surface area contributed by atoms with Gasteiger partial charge in [-0.2, -0.15) is 0 Å². The highest BCUT2D eigenvalue weighted by molar-refractivity contribution is 5.90. The van der Waals surface area contributed by atoms with Crippen molar-refractivity contribution in [3.05, 3.63) is 60.7 Å². The van der Waals surface area contributed by atoms with Crippen LogP contribution in [0, 0.1) is 0 Å². The maximum Gasteiger partial charge on any atom is 0.0994 e. The number of nitrogens with two attached hydrogens (primary N) is 1. The lowest BCUT2D eigenvalue weighted by atomic mass is 10.1. The number of nitrogens with zero attached hydrogens (tertiary/aromatic N) is 2. The van der Waals surface area contributed by atoms with Crippen molar-refractivity contribution in [3.63, 3.8) is 0 Å². The van der Waals surface area contributed by atoms with Gasteiger partial charge in [0.15, 0.2) is 0 Å². The van der Waals surface area contributed by atoms with Crippen LogP contribution in [0.2, 0.25) is 0 Å². The second-order valence-corrected chi connectivity index (χ2v) is 4.70.